The lowest BCUT2D eigenvalue weighted by Gasteiger charge is -2.33. The molecule has 1 aliphatic rings. The van der Waals surface area contributed by atoms with E-state index in [9.17, 15) is 4.79 Å². The number of thioether (sulfide) groups is 1. The number of nitrogens with zero attached hydrogens (tertiary/aromatic N) is 5. The third-order valence-electron chi connectivity index (χ3n) is 3.50. The second-order valence-electron chi connectivity index (χ2n) is 5.22. The fourth-order valence-electron chi connectivity index (χ4n) is 2.49. The molecule has 23 heavy (non-hydrogen) atoms. The van der Waals surface area contributed by atoms with Crippen LogP contribution in [-0.4, -0.2) is 50.7 Å². The molecule has 1 N–H and O–H groups in total. The zero-order chi connectivity index (χ0) is 15.9. The van der Waals surface area contributed by atoms with E-state index in [-0.39, 0.29) is 11.9 Å². The van der Waals surface area contributed by atoms with Crippen molar-refractivity contribution in [3.05, 3.63) is 36.9 Å². The largest absolute Gasteiger partial charge is 0.351 e. The smallest absolute Gasteiger partial charge is 0.230 e. The van der Waals surface area contributed by atoms with Crippen LogP contribution >= 0.6 is 11.8 Å². The second-order valence-corrected chi connectivity index (χ2v) is 6.16. The van der Waals surface area contributed by atoms with Gasteiger partial charge in [0, 0.05) is 43.9 Å². The van der Waals surface area contributed by atoms with Crippen LogP contribution in [0.15, 0.2) is 42.1 Å². The average molecular weight is 330 g/mol. The topological polar surface area (TPSA) is 83.9 Å². The standard InChI is InChI=1S/C15H18N6OS/c22-13(11-23-15-18-7-3-8-19-15)20-12-4-1-9-21(10-12)14-16-5-2-6-17-14/h2-3,5-8,12H,1,4,9-11H2,(H,20,22). The summed E-state index contributed by atoms with van der Waals surface area (Å²) >= 11 is 1.34. The maximum atomic E-state index is 12.1. The van der Waals surface area contributed by atoms with Crippen molar-refractivity contribution in [1.29, 1.82) is 0 Å². The number of hydrogen-bond acceptors (Lipinski definition) is 7. The van der Waals surface area contributed by atoms with Crippen LogP contribution in [0.25, 0.3) is 0 Å². The zero-order valence-electron chi connectivity index (χ0n) is 12.6. The van der Waals surface area contributed by atoms with Crippen LogP contribution in [0.5, 0.6) is 0 Å². The van der Waals surface area contributed by atoms with Crippen LogP contribution < -0.4 is 10.2 Å². The van der Waals surface area contributed by atoms with Crippen LogP contribution in [0, 0.1) is 0 Å². The third-order valence-corrected chi connectivity index (χ3v) is 4.37. The molecule has 0 spiro atoms. The van der Waals surface area contributed by atoms with Crippen molar-refractivity contribution in [3.8, 4) is 0 Å². The van der Waals surface area contributed by atoms with Crippen molar-refractivity contribution in [3.63, 3.8) is 0 Å². The molecule has 1 fully saturated rings. The molecule has 0 bridgehead atoms. The number of rotatable bonds is 5. The molecule has 1 amide bonds. The van der Waals surface area contributed by atoms with Gasteiger partial charge in [0.2, 0.25) is 11.9 Å². The van der Waals surface area contributed by atoms with E-state index in [1.165, 1.54) is 11.8 Å². The molecule has 2 aromatic heterocycles. The summed E-state index contributed by atoms with van der Waals surface area (Å²) in [6.07, 6.45) is 8.81. The average Bonchev–Trinajstić information content (AvgIpc) is 2.62. The van der Waals surface area contributed by atoms with Crippen LogP contribution in [-0.2, 0) is 4.79 Å². The molecule has 1 saturated heterocycles. The molecule has 0 radical (unpaired) electrons. The van der Waals surface area contributed by atoms with E-state index in [1.54, 1.807) is 36.9 Å². The first kappa shape index (κ1) is 15.7. The highest BCUT2D eigenvalue weighted by Gasteiger charge is 2.22. The number of anilines is 1. The summed E-state index contributed by atoms with van der Waals surface area (Å²) in [4.78, 5) is 30.9. The summed E-state index contributed by atoms with van der Waals surface area (Å²) in [6.45, 7) is 1.66. The molecule has 7 nitrogen and oxygen atoms in total. The van der Waals surface area contributed by atoms with Gasteiger partial charge in [-0.1, -0.05) is 11.8 Å². The number of carbonyl (C=O) groups is 1. The molecule has 1 atom stereocenters. The predicted molar refractivity (Wildman–Crippen MR) is 88.2 cm³/mol. The summed E-state index contributed by atoms with van der Waals surface area (Å²) in [7, 11) is 0. The van der Waals surface area contributed by atoms with E-state index in [1.807, 2.05) is 0 Å². The number of aromatic nitrogens is 4. The van der Waals surface area contributed by atoms with E-state index in [4.69, 9.17) is 0 Å². The Kier molecular flexibility index (Phi) is 5.36. The second kappa shape index (κ2) is 7.87. The van der Waals surface area contributed by atoms with Gasteiger partial charge in [0.15, 0.2) is 5.16 Å². The molecule has 2 aromatic rings. The van der Waals surface area contributed by atoms with Crippen molar-refractivity contribution in [1.82, 2.24) is 25.3 Å². The summed E-state index contributed by atoms with van der Waals surface area (Å²) in [5, 5.41) is 3.69. The molecule has 0 aromatic carbocycles. The van der Waals surface area contributed by atoms with Gasteiger partial charge in [-0.25, -0.2) is 19.9 Å². The van der Waals surface area contributed by atoms with Crippen LogP contribution in [0.2, 0.25) is 0 Å². The highest BCUT2D eigenvalue weighted by atomic mass is 32.2. The van der Waals surface area contributed by atoms with Gasteiger partial charge in [0.05, 0.1) is 5.75 Å². The Morgan fingerprint density at radius 2 is 1.87 bits per heavy atom. The lowest BCUT2D eigenvalue weighted by molar-refractivity contribution is -0.119. The summed E-state index contributed by atoms with van der Waals surface area (Å²) in [6, 6.07) is 3.68. The van der Waals surface area contributed by atoms with Gasteiger partial charge in [0.25, 0.3) is 0 Å². The first-order valence-corrected chi connectivity index (χ1v) is 8.51. The fourth-order valence-corrected chi connectivity index (χ4v) is 3.10. The molecule has 1 aliphatic heterocycles. The minimum absolute atomic E-state index is 0.00304. The Bertz CT molecular complexity index is 626. The van der Waals surface area contributed by atoms with Gasteiger partial charge >= 0.3 is 0 Å². The highest BCUT2D eigenvalue weighted by molar-refractivity contribution is 7.99. The van der Waals surface area contributed by atoms with Crippen molar-refractivity contribution >= 4 is 23.6 Å². The third kappa shape index (κ3) is 4.62. The molecular formula is C15H18N6OS. The van der Waals surface area contributed by atoms with E-state index >= 15 is 0 Å². The first-order chi connectivity index (χ1) is 11.3. The van der Waals surface area contributed by atoms with Crippen molar-refractivity contribution < 1.29 is 4.79 Å². The molecule has 1 unspecified atom stereocenters. The number of nitrogens with one attached hydrogen (secondary N) is 1. The molecule has 0 saturated carbocycles. The van der Waals surface area contributed by atoms with E-state index in [2.05, 4.69) is 30.2 Å². The first-order valence-electron chi connectivity index (χ1n) is 7.52. The van der Waals surface area contributed by atoms with Crippen molar-refractivity contribution in [2.24, 2.45) is 0 Å². The molecule has 3 heterocycles. The summed E-state index contributed by atoms with van der Waals surface area (Å²) in [5.41, 5.74) is 0. The zero-order valence-corrected chi connectivity index (χ0v) is 13.4. The Balaban J connectivity index is 1.48. The fraction of sp³-hybridized carbons (Fsp3) is 0.400. The summed E-state index contributed by atoms with van der Waals surface area (Å²) < 4.78 is 0. The van der Waals surface area contributed by atoms with Gasteiger partial charge in [-0.2, -0.15) is 0 Å². The Morgan fingerprint density at radius 3 is 2.61 bits per heavy atom. The lowest BCUT2D eigenvalue weighted by Crippen LogP contribution is -2.48. The van der Waals surface area contributed by atoms with Gasteiger partial charge in [-0.3, -0.25) is 4.79 Å². The molecule has 120 valence electrons. The number of amides is 1. The quantitative estimate of drug-likeness (QED) is 0.650. The molecular weight excluding hydrogens is 312 g/mol. The number of piperidine rings is 1. The van der Waals surface area contributed by atoms with Crippen molar-refractivity contribution in [2.45, 2.75) is 24.0 Å². The minimum Gasteiger partial charge on any atom is -0.351 e. The van der Waals surface area contributed by atoms with E-state index in [0.29, 0.717) is 10.9 Å². The lowest BCUT2D eigenvalue weighted by atomic mass is 10.1. The van der Waals surface area contributed by atoms with Gasteiger partial charge in [0.1, 0.15) is 0 Å². The van der Waals surface area contributed by atoms with Gasteiger partial charge in [-0.15, -0.1) is 0 Å². The Morgan fingerprint density at radius 1 is 1.17 bits per heavy atom. The molecule has 3 rings (SSSR count). The maximum Gasteiger partial charge on any atom is 0.230 e. The van der Waals surface area contributed by atoms with E-state index in [0.717, 1.165) is 31.9 Å². The van der Waals surface area contributed by atoms with Gasteiger partial charge in [-0.05, 0) is 25.0 Å². The molecule has 0 aliphatic carbocycles. The van der Waals surface area contributed by atoms with E-state index < -0.39 is 0 Å². The Labute approximate surface area is 139 Å². The van der Waals surface area contributed by atoms with Crippen molar-refractivity contribution in [2.75, 3.05) is 23.7 Å². The van der Waals surface area contributed by atoms with Crippen LogP contribution in [0.1, 0.15) is 12.8 Å². The predicted octanol–water partition coefficient (Wildman–Crippen LogP) is 1.14. The monoisotopic (exact) mass is 330 g/mol. The normalized spacial score (nSPS) is 17.7. The molecule has 8 heteroatoms. The minimum atomic E-state index is 0.00304. The highest BCUT2D eigenvalue weighted by Crippen LogP contribution is 2.16. The number of hydrogen-bond donors (Lipinski definition) is 1. The summed E-state index contributed by atoms with van der Waals surface area (Å²) in [5.74, 6) is 1.05. The maximum absolute atomic E-state index is 12.1. The van der Waals surface area contributed by atoms with Gasteiger partial charge < -0.3 is 10.2 Å². The SMILES string of the molecule is O=C(CSc1ncccn1)NC1CCCN(c2ncccn2)C1. The van der Waals surface area contributed by atoms with Crippen LogP contribution in [0.3, 0.4) is 0 Å². The number of carbonyl (C=O) groups excluding carboxylic acids is 1. The Hall–Kier alpha value is -2.22. The van der Waals surface area contributed by atoms with Crippen LogP contribution in [0.4, 0.5) is 5.95 Å².